The van der Waals surface area contributed by atoms with E-state index in [4.69, 9.17) is 9.41 Å². The summed E-state index contributed by atoms with van der Waals surface area (Å²) in [5.74, 6) is 2.58. The van der Waals surface area contributed by atoms with Crippen molar-refractivity contribution in [2.45, 2.75) is 32.7 Å². The average Bonchev–Trinajstić information content (AvgIpc) is 3.26. The highest BCUT2D eigenvalue weighted by molar-refractivity contribution is 14.0. The zero-order valence-corrected chi connectivity index (χ0v) is 19.2. The van der Waals surface area contributed by atoms with E-state index in [2.05, 4.69) is 55.7 Å². The Hall–Kier alpha value is -1.03. The van der Waals surface area contributed by atoms with Crippen LogP contribution in [0.2, 0.25) is 0 Å². The predicted molar refractivity (Wildman–Crippen MR) is 118 cm³/mol. The number of aromatic nitrogens is 2. The maximum absolute atomic E-state index is 5.55. The Morgan fingerprint density at radius 2 is 2.31 bits per heavy atom. The number of hydrogen-bond donors (Lipinski definition) is 1. The van der Waals surface area contributed by atoms with Gasteiger partial charge in [-0.25, -0.2) is 4.98 Å². The smallest absolute Gasteiger partial charge is 0.193 e. The van der Waals surface area contributed by atoms with Crippen molar-refractivity contribution in [3.05, 3.63) is 41.3 Å². The van der Waals surface area contributed by atoms with Crippen molar-refractivity contribution < 1.29 is 4.42 Å². The van der Waals surface area contributed by atoms with Gasteiger partial charge < -0.3 is 19.2 Å². The van der Waals surface area contributed by atoms with E-state index in [-0.39, 0.29) is 24.0 Å². The predicted octanol–water partition coefficient (Wildman–Crippen LogP) is 3.95. The lowest BCUT2D eigenvalue weighted by atomic mass is 9.93. The molecule has 2 aromatic heterocycles. The summed E-state index contributed by atoms with van der Waals surface area (Å²) in [5.41, 5.74) is 0. The Balaban J connectivity index is 0.00000243. The molecule has 26 heavy (non-hydrogen) atoms. The lowest BCUT2D eigenvalue weighted by Crippen LogP contribution is -2.49. The molecule has 1 saturated heterocycles. The Kier molecular flexibility index (Phi) is 8.46. The third-order valence-corrected chi connectivity index (χ3v) is 5.14. The van der Waals surface area contributed by atoms with Gasteiger partial charge in [-0.15, -0.1) is 24.0 Å². The van der Waals surface area contributed by atoms with Crippen molar-refractivity contribution in [2.75, 3.05) is 26.2 Å². The van der Waals surface area contributed by atoms with Crippen LogP contribution in [0.1, 0.15) is 32.1 Å². The minimum atomic E-state index is 0. The van der Waals surface area contributed by atoms with Crippen LogP contribution in [0, 0.1) is 5.92 Å². The summed E-state index contributed by atoms with van der Waals surface area (Å²) in [5, 5.41) is 3.44. The van der Waals surface area contributed by atoms with Crippen molar-refractivity contribution in [2.24, 2.45) is 10.9 Å². The number of piperidine rings is 1. The fourth-order valence-electron chi connectivity index (χ4n) is 3.28. The van der Waals surface area contributed by atoms with E-state index in [1.54, 1.807) is 0 Å². The van der Waals surface area contributed by atoms with E-state index in [0.717, 1.165) is 48.9 Å². The summed E-state index contributed by atoms with van der Waals surface area (Å²) in [4.78, 5) is 11.4. The number of nitrogens with zero attached hydrogens (tertiary/aromatic N) is 4. The molecule has 2 atom stereocenters. The van der Waals surface area contributed by atoms with Crippen LogP contribution in [-0.4, -0.2) is 46.6 Å². The number of halogens is 2. The standard InChI is InChI=1S/C18H26BrN5O.HI/c1-3-21-18(22-8-6-15-4-5-17(19)25-15)23-10-7-14(2)16(12-23)24-11-9-20-13-24;/h4-5,9,11,13-14,16H,3,6-8,10,12H2,1-2H3,(H,21,22);1H. The van der Waals surface area contributed by atoms with E-state index in [9.17, 15) is 0 Å². The van der Waals surface area contributed by atoms with Crippen LogP contribution in [0.5, 0.6) is 0 Å². The second-order valence-electron chi connectivity index (χ2n) is 6.48. The lowest BCUT2D eigenvalue weighted by Gasteiger charge is -2.39. The number of guanidine groups is 1. The van der Waals surface area contributed by atoms with Gasteiger partial charge in [0.2, 0.25) is 0 Å². The van der Waals surface area contributed by atoms with Crippen LogP contribution in [0.4, 0.5) is 0 Å². The summed E-state index contributed by atoms with van der Waals surface area (Å²) in [6.07, 6.45) is 7.79. The summed E-state index contributed by atoms with van der Waals surface area (Å²) >= 11 is 3.34. The van der Waals surface area contributed by atoms with Gasteiger partial charge in [0, 0.05) is 45.0 Å². The molecular formula is C18H27BrIN5O. The molecule has 2 aromatic rings. The maximum Gasteiger partial charge on any atom is 0.193 e. The first-order chi connectivity index (χ1) is 12.2. The highest BCUT2D eigenvalue weighted by atomic mass is 127. The quantitative estimate of drug-likeness (QED) is 0.358. The SMILES string of the molecule is CCNC(=NCCc1ccc(Br)o1)N1CCC(C)C(n2ccnc2)C1.I. The molecule has 0 spiro atoms. The number of imidazole rings is 1. The molecule has 3 rings (SSSR count). The average molecular weight is 536 g/mol. The fourth-order valence-corrected chi connectivity index (χ4v) is 3.62. The Morgan fingerprint density at radius 1 is 1.46 bits per heavy atom. The van der Waals surface area contributed by atoms with Crippen LogP contribution < -0.4 is 5.32 Å². The Bertz CT molecular complexity index is 688. The zero-order chi connectivity index (χ0) is 17.6. The Labute approximate surface area is 180 Å². The summed E-state index contributed by atoms with van der Waals surface area (Å²) in [7, 11) is 0. The van der Waals surface area contributed by atoms with Crippen molar-refractivity contribution in [3.63, 3.8) is 0 Å². The number of aliphatic imine (C=N–C) groups is 1. The van der Waals surface area contributed by atoms with E-state index in [0.29, 0.717) is 18.5 Å². The molecule has 0 bridgehead atoms. The molecule has 1 N–H and O–H groups in total. The second kappa shape index (κ2) is 10.3. The van der Waals surface area contributed by atoms with Gasteiger partial charge in [0.25, 0.3) is 0 Å². The molecule has 3 heterocycles. The van der Waals surface area contributed by atoms with Crippen LogP contribution >= 0.6 is 39.9 Å². The van der Waals surface area contributed by atoms with Crippen molar-refractivity contribution >= 4 is 45.9 Å². The molecule has 0 aliphatic carbocycles. The normalized spacial score (nSPS) is 20.7. The molecule has 0 amide bonds. The summed E-state index contributed by atoms with van der Waals surface area (Å²) < 4.78 is 8.55. The maximum atomic E-state index is 5.55. The molecule has 1 aliphatic rings. The largest absolute Gasteiger partial charge is 0.454 e. The first-order valence-electron chi connectivity index (χ1n) is 8.92. The molecule has 1 fully saturated rings. The minimum absolute atomic E-state index is 0. The van der Waals surface area contributed by atoms with E-state index in [1.165, 1.54) is 0 Å². The van der Waals surface area contributed by atoms with E-state index in [1.807, 2.05) is 24.7 Å². The first-order valence-corrected chi connectivity index (χ1v) is 9.71. The molecule has 6 nitrogen and oxygen atoms in total. The zero-order valence-electron chi connectivity index (χ0n) is 15.3. The van der Waals surface area contributed by atoms with E-state index >= 15 is 0 Å². The highest BCUT2D eigenvalue weighted by Gasteiger charge is 2.28. The second-order valence-corrected chi connectivity index (χ2v) is 7.26. The summed E-state index contributed by atoms with van der Waals surface area (Å²) in [6, 6.07) is 4.34. The van der Waals surface area contributed by atoms with Crippen LogP contribution in [0.15, 0.2) is 44.9 Å². The molecule has 8 heteroatoms. The highest BCUT2D eigenvalue weighted by Crippen LogP contribution is 2.27. The van der Waals surface area contributed by atoms with Gasteiger partial charge in [-0.05, 0) is 47.3 Å². The Morgan fingerprint density at radius 3 is 2.96 bits per heavy atom. The molecular weight excluding hydrogens is 509 g/mol. The third kappa shape index (κ3) is 5.48. The van der Waals surface area contributed by atoms with E-state index < -0.39 is 0 Å². The molecule has 2 unspecified atom stereocenters. The lowest BCUT2D eigenvalue weighted by molar-refractivity contribution is 0.189. The summed E-state index contributed by atoms with van der Waals surface area (Å²) in [6.45, 7) is 8.00. The number of hydrogen-bond acceptors (Lipinski definition) is 3. The van der Waals surface area contributed by atoms with Gasteiger partial charge >= 0.3 is 0 Å². The van der Waals surface area contributed by atoms with Crippen LogP contribution in [0.3, 0.4) is 0 Å². The van der Waals surface area contributed by atoms with Crippen molar-refractivity contribution in [1.82, 2.24) is 19.8 Å². The van der Waals surface area contributed by atoms with Crippen LogP contribution in [0.25, 0.3) is 0 Å². The molecule has 0 aromatic carbocycles. The topological polar surface area (TPSA) is 58.6 Å². The van der Waals surface area contributed by atoms with Gasteiger partial charge in [-0.3, -0.25) is 4.99 Å². The van der Waals surface area contributed by atoms with Gasteiger partial charge in [-0.2, -0.15) is 0 Å². The van der Waals surface area contributed by atoms with Crippen molar-refractivity contribution in [1.29, 1.82) is 0 Å². The van der Waals surface area contributed by atoms with Gasteiger partial charge in [0.1, 0.15) is 5.76 Å². The molecule has 0 radical (unpaired) electrons. The van der Waals surface area contributed by atoms with Gasteiger partial charge in [-0.1, -0.05) is 6.92 Å². The van der Waals surface area contributed by atoms with Gasteiger partial charge in [0.15, 0.2) is 10.6 Å². The number of rotatable bonds is 5. The first kappa shape index (κ1) is 21.3. The number of furan rings is 1. The molecule has 144 valence electrons. The fraction of sp³-hybridized carbons (Fsp3) is 0.556. The third-order valence-electron chi connectivity index (χ3n) is 4.71. The number of likely N-dealkylation sites (tertiary alicyclic amines) is 1. The molecule has 0 saturated carbocycles. The number of nitrogens with one attached hydrogen (secondary N) is 1. The van der Waals surface area contributed by atoms with Gasteiger partial charge in [0.05, 0.1) is 12.4 Å². The van der Waals surface area contributed by atoms with Crippen molar-refractivity contribution in [3.8, 4) is 0 Å². The van der Waals surface area contributed by atoms with Crippen LogP contribution in [-0.2, 0) is 6.42 Å². The monoisotopic (exact) mass is 535 g/mol. The minimum Gasteiger partial charge on any atom is -0.454 e. The molecule has 1 aliphatic heterocycles.